The van der Waals surface area contributed by atoms with Gasteiger partial charge in [0.15, 0.2) is 5.65 Å². The summed E-state index contributed by atoms with van der Waals surface area (Å²) in [5.74, 6) is -0.980. The van der Waals surface area contributed by atoms with Gasteiger partial charge in [0.05, 0.1) is 30.4 Å². The van der Waals surface area contributed by atoms with Gasteiger partial charge >= 0.3 is 0 Å². The van der Waals surface area contributed by atoms with Gasteiger partial charge in [0.1, 0.15) is 10.7 Å². The Morgan fingerprint density at radius 1 is 1.21 bits per heavy atom. The minimum absolute atomic E-state index is 0.0698. The van der Waals surface area contributed by atoms with Crippen LogP contribution in [0.15, 0.2) is 35.4 Å². The lowest BCUT2D eigenvalue weighted by molar-refractivity contribution is 0.0729. The number of fused-ring (bicyclic) bond motifs is 1. The number of carbonyl (C=O) groups excluding carboxylic acids is 1. The number of hydrogen-bond donors (Lipinski definition) is 1. The maximum Gasteiger partial charge on any atom is 0.256 e. The fourth-order valence-electron chi connectivity index (χ4n) is 4.09. The number of halogens is 1. The van der Waals surface area contributed by atoms with Crippen molar-refractivity contribution in [3.8, 4) is 0 Å². The van der Waals surface area contributed by atoms with Crippen LogP contribution in [0.5, 0.6) is 0 Å². The minimum atomic E-state index is -4.06. The lowest BCUT2D eigenvalue weighted by Crippen LogP contribution is -2.40. The first-order valence-electron chi connectivity index (χ1n) is 11.3. The number of carbonyl (C=O) groups is 1. The Bertz CT molecular complexity index is 1360. The number of anilines is 1. The molecule has 0 bridgehead atoms. The Morgan fingerprint density at radius 3 is 2.62 bits per heavy atom. The summed E-state index contributed by atoms with van der Waals surface area (Å²) in [6.07, 6.45) is 3.67. The molecule has 0 unspecified atom stereocenters. The van der Waals surface area contributed by atoms with Crippen molar-refractivity contribution in [2.45, 2.75) is 43.5 Å². The standard InChI is InChI=1S/C23H26FN5O4S/c1-14(2)29-22-18(13-25-29)17(12-20(27-22)15-3-4-15)23(30)26-16-5-6-19(24)21(11-16)34(31,32)28-7-9-33-10-8-28/h5-6,11-15H,3-4,7-10H2,1-2H3,(H,26,30). The molecule has 11 heteroatoms. The zero-order chi connectivity index (χ0) is 24.0. The maximum absolute atomic E-state index is 14.5. The third kappa shape index (κ3) is 4.19. The summed E-state index contributed by atoms with van der Waals surface area (Å²) >= 11 is 0. The number of ether oxygens (including phenoxy) is 1. The molecule has 34 heavy (non-hydrogen) atoms. The molecule has 3 aromatic rings. The van der Waals surface area contributed by atoms with Crippen LogP contribution < -0.4 is 5.32 Å². The van der Waals surface area contributed by atoms with Crippen LogP contribution in [0.25, 0.3) is 11.0 Å². The number of morpholine rings is 1. The van der Waals surface area contributed by atoms with E-state index < -0.39 is 26.6 Å². The zero-order valence-electron chi connectivity index (χ0n) is 19.0. The number of hydrogen-bond acceptors (Lipinski definition) is 6. The molecule has 9 nitrogen and oxygen atoms in total. The average molecular weight is 488 g/mol. The van der Waals surface area contributed by atoms with Gasteiger partial charge in [-0.05, 0) is 51.0 Å². The first-order valence-corrected chi connectivity index (χ1v) is 12.8. The number of sulfonamides is 1. The number of pyridine rings is 1. The smallest absolute Gasteiger partial charge is 0.256 e. The Labute approximate surface area is 197 Å². The summed E-state index contributed by atoms with van der Waals surface area (Å²) < 4.78 is 48.7. The van der Waals surface area contributed by atoms with Crippen molar-refractivity contribution < 1.29 is 22.3 Å². The van der Waals surface area contributed by atoms with Gasteiger partial charge in [-0.25, -0.2) is 22.5 Å². The predicted molar refractivity (Wildman–Crippen MR) is 124 cm³/mol. The number of nitrogens with one attached hydrogen (secondary N) is 1. The zero-order valence-corrected chi connectivity index (χ0v) is 19.8. The van der Waals surface area contributed by atoms with Gasteiger partial charge in [-0.1, -0.05) is 0 Å². The third-order valence-electron chi connectivity index (χ3n) is 6.09. The van der Waals surface area contributed by atoms with Gasteiger partial charge in [0.2, 0.25) is 10.0 Å². The summed E-state index contributed by atoms with van der Waals surface area (Å²) in [7, 11) is -4.06. The highest BCUT2D eigenvalue weighted by molar-refractivity contribution is 7.89. The van der Waals surface area contributed by atoms with Crippen molar-refractivity contribution in [2.24, 2.45) is 0 Å². The number of rotatable bonds is 6. The van der Waals surface area contributed by atoms with Crippen LogP contribution in [0.2, 0.25) is 0 Å². The number of nitrogens with zero attached hydrogens (tertiary/aromatic N) is 4. The number of benzene rings is 1. The molecule has 180 valence electrons. The van der Waals surface area contributed by atoms with Gasteiger partial charge in [0.25, 0.3) is 5.91 Å². The molecule has 0 spiro atoms. The Kier molecular flexibility index (Phi) is 5.86. The van der Waals surface area contributed by atoms with Crippen molar-refractivity contribution in [3.05, 3.63) is 47.5 Å². The second-order valence-corrected chi connectivity index (χ2v) is 10.8. The molecule has 1 saturated heterocycles. The molecule has 2 fully saturated rings. The van der Waals surface area contributed by atoms with E-state index in [2.05, 4.69) is 10.4 Å². The lowest BCUT2D eigenvalue weighted by Gasteiger charge is -2.26. The second-order valence-electron chi connectivity index (χ2n) is 8.90. The van der Waals surface area contributed by atoms with E-state index in [9.17, 15) is 17.6 Å². The monoisotopic (exact) mass is 487 g/mol. The van der Waals surface area contributed by atoms with Crippen molar-refractivity contribution in [1.29, 1.82) is 0 Å². The third-order valence-corrected chi connectivity index (χ3v) is 8.01. The van der Waals surface area contributed by atoms with Gasteiger partial charge < -0.3 is 10.1 Å². The molecule has 3 heterocycles. The minimum Gasteiger partial charge on any atom is -0.379 e. The van der Waals surface area contributed by atoms with Crippen molar-refractivity contribution >= 4 is 32.7 Å². The van der Waals surface area contributed by atoms with E-state index in [4.69, 9.17) is 9.72 Å². The van der Waals surface area contributed by atoms with Gasteiger partial charge in [-0.2, -0.15) is 9.40 Å². The fraction of sp³-hybridized carbons (Fsp3) is 0.435. The van der Waals surface area contributed by atoms with E-state index >= 15 is 0 Å². The van der Waals surface area contributed by atoms with Gasteiger partial charge in [-0.15, -0.1) is 0 Å². The van der Waals surface area contributed by atoms with E-state index in [0.717, 1.165) is 30.7 Å². The quantitative estimate of drug-likeness (QED) is 0.572. The SMILES string of the molecule is CC(C)n1ncc2c(C(=O)Nc3ccc(F)c(S(=O)(=O)N4CCOCC4)c3)cc(C3CC3)nc21. The first-order chi connectivity index (χ1) is 16.3. The Balaban J connectivity index is 1.49. The predicted octanol–water partition coefficient (Wildman–Crippen LogP) is 3.30. The largest absolute Gasteiger partial charge is 0.379 e. The molecule has 0 radical (unpaired) electrons. The summed E-state index contributed by atoms with van der Waals surface area (Å²) in [5, 5.41) is 7.76. The molecule has 1 N–H and O–H groups in total. The number of amides is 1. The van der Waals surface area contributed by atoms with Crippen molar-refractivity contribution in [2.75, 3.05) is 31.6 Å². The molecule has 5 rings (SSSR count). The van der Waals surface area contributed by atoms with Crippen LogP contribution in [0.3, 0.4) is 0 Å². The Morgan fingerprint density at radius 2 is 1.94 bits per heavy atom. The van der Waals surface area contributed by atoms with Crippen LogP contribution in [0.4, 0.5) is 10.1 Å². The van der Waals surface area contributed by atoms with Crippen LogP contribution in [-0.2, 0) is 14.8 Å². The molecular formula is C23H26FN5O4S. The van der Waals surface area contributed by atoms with E-state index in [1.54, 1.807) is 16.9 Å². The molecule has 1 aromatic carbocycles. The summed E-state index contributed by atoms with van der Waals surface area (Å²) in [5.41, 5.74) is 2.07. The summed E-state index contributed by atoms with van der Waals surface area (Å²) in [4.78, 5) is 17.6. The highest BCUT2D eigenvalue weighted by Gasteiger charge is 2.30. The molecule has 1 saturated carbocycles. The second kappa shape index (κ2) is 8.71. The summed E-state index contributed by atoms with van der Waals surface area (Å²) in [6.45, 7) is 4.79. The van der Waals surface area contributed by atoms with Gasteiger partial charge in [-0.3, -0.25) is 4.79 Å². The summed E-state index contributed by atoms with van der Waals surface area (Å²) in [6, 6.07) is 5.41. The molecule has 1 aliphatic carbocycles. The van der Waals surface area contributed by atoms with E-state index in [0.29, 0.717) is 22.5 Å². The molecular weight excluding hydrogens is 461 g/mol. The lowest BCUT2D eigenvalue weighted by atomic mass is 10.1. The van der Waals surface area contributed by atoms with Crippen LogP contribution in [0, 0.1) is 5.82 Å². The van der Waals surface area contributed by atoms with Crippen molar-refractivity contribution in [1.82, 2.24) is 19.1 Å². The fourth-order valence-corrected chi connectivity index (χ4v) is 5.59. The molecule has 0 atom stereocenters. The van der Waals surface area contributed by atoms with Crippen LogP contribution in [0.1, 0.15) is 54.7 Å². The Hall–Kier alpha value is -2.89. The molecule has 1 aliphatic heterocycles. The highest BCUT2D eigenvalue weighted by Crippen LogP contribution is 2.40. The van der Waals surface area contributed by atoms with E-state index in [1.165, 1.54) is 10.4 Å². The highest BCUT2D eigenvalue weighted by atomic mass is 32.2. The molecule has 2 aromatic heterocycles. The van der Waals surface area contributed by atoms with Crippen LogP contribution >= 0.6 is 0 Å². The van der Waals surface area contributed by atoms with Crippen molar-refractivity contribution in [3.63, 3.8) is 0 Å². The van der Waals surface area contributed by atoms with E-state index in [-0.39, 0.29) is 38.0 Å². The average Bonchev–Trinajstić information content (AvgIpc) is 3.58. The molecule has 2 aliphatic rings. The van der Waals surface area contributed by atoms with Gasteiger partial charge in [0, 0.05) is 36.4 Å². The molecule has 1 amide bonds. The maximum atomic E-state index is 14.5. The normalized spacial score (nSPS) is 17.4. The number of aromatic nitrogens is 3. The topological polar surface area (TPSA) is 106 Å². The van der Waals surface area contributed by atoms with E-state index in [1.807, 2.05) is 13.8 Å². The first kappa shape index (κ1) is 22.9. The van der Waals surface area contributed by atoms with Crippen LogP contribution in [-0.4, -0.2) is 59.7 Å².